The van der Waals surface area contributed by atoms with Gasteiger partial charge >= 0.3 is 0 Å². The van der Waals surface area contributed by atoms with E-state index in [1.54, 1.807) is 38.4 Å². The lowest BCUT2D eigenvalue weighted by Crippen LogP contribution is -2.21. The molecule has 0 N–H and O–H groups in total. The first-order valence-electron chi connectivity index (χ1n) is 4.57. The highest BCUT2D eigenvalue weighted by Crippen LogP contribution is 2.02. The normalized spacial score (nSPS) is 10.2. The molecule has 0 atom stereocenters. The lowest BCUT2D eigenvalue weighted by atomic mass is 10.0. The number of hydrogen-bond acceptors (Lipinski definition) is 3. The average Bonchev–Trinajstić information content (AvgIpc) is 2.18. The second kappa shape index (κ2) is 4.65. The predicted molar refractivity (Wildman–Crippen MR) is 52.8 cm³/mol. The molecule has 3 nitrogen and oxygen atoms in total. The second-order valence-corrected chi connectivity index (χ2v) is 3.48. The van der Waals surface area contributed by atoms with E-state index in [0.717, 1.165) is 5.56 Å². The molecule has 1 aromatic heterocycles. The number of aromatic nitrogens is 1. The highest BCUT2D eigenvalue weighted by molar-refractivity contribution is 6.38. The summed E-state index contributed by atoms with van der Waals surface area (Å²) < 4.78 is 0. The Balaban J connectivity index is 2.63. The number of pyridine rings is 1. The molecule has 74 valence electrons. The summed E-state index contributed by atoms with van der Waals surface area (Å²) in [4.78, 5) is 26.5. The van der Waals surface area contributed by atoms with Crippen molar-refractivity contribution in [2.75, 3.05) is 0 Å². The predicted octanol–water partition coefficient (Wildman–Crippen LogP) is 1.42. The zero-order valence-corrected chi connectivity index (χ0v) is 8.36. The van der Waals surface area contributed by atoms with E-state index in [-0.39, 0.29) is 23.9 Å². The monoisotopic (exact) mass is 191 g/mol. The third-order valence-electron chi connectivity index (χ3n) is 1.89. The van der Waals surface area contributed by atoms with Gasteiger partial charge in [-0.2, -0.15) is 0 Å². The molecular weight excluding hydrogens is 178 g/mol. The molecule has 1 heterocycles. The molecule has 0 radical (unpaired) electrons. The van der Waals surface area contributed by atoms with Gasteiger partial charge in [0, 0.05) is 24.7 Å². The molecule has 0 fully saturated rings. The Morgan fingerprint density at radius 2 is 2.14 bits per heavy atom. The Morgan fingerprint density at radius 3 is 2.64 bits per heavy atom. The van der Waals surface area contributed by atoms with Crippen molar-refractivity contribution >= 4 is 11.6 Å². The number of Topliss-reactive ketones (excluding diaryl/α,β-unsaturated/α-hetero) is 2. The highest BCUT2D eigenvalue weighted by atomic mass is 16.2. The fraction of sp³-hybridized carbons (Fsp3) is 0.364. The minimum Gasteiger partial charge on any atom is -0.291 e. The van der Waals surface area contributed by atoms with Crippen LogP contribution in [-0.2, 0) is 16.0 Å². The van der Waals surface area contributed by atoms with Gasteiger partial charge in [-0.25, -0.2) is 0 Å². The summed E-state index contributed by atoms with van der Waals surface area (Å²) in [7, 11) is 0. The summed E-state index contributed by atoms with van der Waals surface area (Å²) in [6.07, 6.45) is 3.40. The van der Waals surface area contributed by atoms with Crippen LogP contribution in [-0.4, -0.2) is 16.6 Å². The smallest absolute Gasteiger partial charge is 0.203 e. The van der Waals surface area contributed by atoms with Gasteiger partial charge in [0.1, 0.15) is 0 Å². The Labute approximate surface area is 83.2 Å². The van der Waals surface area contributed by atoms with Crippen LogP contribution in [0, 0.1) is 5.92 Å². The first-order chi connectivity index (χ1) is 6.61. The molecule has 0 amide bonds. The van der Waals surface area contributed by atoms with Gasteiger partial charge in [-0.15, -0.1) is 0 Å². The van der Waals surface area contributed by atoms with Crippen LogP contribution in [0.25, 0.3) is 0 Å². The van der Waals surface area contributed by atoms with Crippen LogP contribution in [0.2, 0.25) is 0 Å². The third-order valence-corrected chi connectivity index (χ3v) is 1.89. The van der Waals surface area contributed by atoms with Crippen LogP contribution >= 0.6 is 0 Å². The van der Waals surface area contributed by atoms with E-state index in [9.17, 15) is 9.59 Å². The SMILES string of the molecule is CC(C)C(=O)C(=O)Cc1cccnc1. The molecule has 0 unspecified atom stereocenters. The number of ketones is 2. The van der Waals surface area contributed by atoms with Crippen LogP contribution in [0.5, 0.6) is 0 Å². The number of nitrogens with zero attached hydrogens (tertiary/aromatic N) is 1. The average molecular weight is 191 g/mol. The summed E-state index contributed by atoms with van der Waals surface area (Å²) >= 11 is 0. The Bertz CT molecular complexity index is 330. The van der Waals surface area contributed by atoms with Crippen molar-refractivity contribution in [3.05, 3.63) is 30.1 Å². The van der Waals surface area contributed by atoms with Crippen LogP contribution in [0.4, 0.5) is 0 Å². The van der Waals surface area contributed by atoms with Gasteiger partial charge in [-0.1, -0.05) is 19.9 Å². The van der Waals surface area contributed by atoms with Crippen molar-refractivity contribution in [2.24, 2.45) is 5.92 Å². The molecule has 3 heteroatoms. The van der Waals surface area contributed by atoms with Crippen LogP contribution in [0.15, 0.2) is 24.5 Å². The van der Waals surface area contributed by atoms with Crippen molar-refractivity contribution < 1.29 is 9.59 Å². The molecule has 0 aliphatic rings. The van der Waals surface area contributed by atoms with E-state index in [4.69, 9.17) is 0 Å². The van der Waals surface area contributed by atoms with Gasteiger partial charge in [0.2, 0.25) is 11.6 Å². The van der Waals surface area contributed by atoms with Crippen molar-refractivity contribution in [3.63, 3.8) is 0 Å². The molecule has 14 heavy (non-hydrogen) atoms. The lowest BCUT2D eigenvalue weighted by molar-refractivity contribution is -0.138. The first kappa shape index (κ1) is 10.6. The lowest BCUT2D eigenvalue weighted by Gasteiger charge is -2.02. The van der Waals surface area contributed by atoms with E-state index in [1.807, 2.05) is 0 Å². The number of rotatable bonds is 4. The van der Waals surface area contributed by atoms with Crippen molar-refractivity contribution in [2.45, 2.75) is 20.3 Å². The fourth-order valence-electron chi connectivity index (χ4n) is 1.10. The molecule has 0 bridgehead atoms. The van der Waals surface area contributed by atoms with E-state index >= 15 is 0 Å². The van der Waals surface area contributed by atoms with Crippen LogP contribution < -0.4 is 0 Å². The van der Waals surface area contributed by atoms with Gasteiger partial charge in [0.15, 0.2) is 0 Å². The highest BCUT2D eigenvalue weighted by Gasteiger charge is 2.17. The van der Waals surface area contributed by atoms with E-state index in [2.05, 4.69) is 4.98 Å². The Kier molecular flexibility index (Phi) is 3.51. The first-order valence-corrected chi connectivity index (χ1v) is 4.57. The van der Waals surface area contributed by atoms with Gasteiger partial charge < -0.3 is 0 Å². The summed E-state index contributed by atoms with van der Waals surface area (Å²) in [6, 6.07) is 3.54. The fourth-order valence-corrected chi connectivity index (χ4v) is 1.10. The molecular formula is C11H13NO2. The second-order valence-electron chi connectivity index (χ2n) is 3.48. The largest absolute Gasteiger partial charge is 0.291 e. The quantitative estimate of drug-likeness (QED) is 0.676. The van der Waals surface area contributed by atoms with E-state index in [1.165, 1.54) is 0 Å². The maximum absolute atomic E-state index is 11.4. The van der Waals surface area contributed by atoms with Gasteiger partial charge in [0.05, 0.1) is 0 Å². The van der Waals surface area contributed by atoms with E-state index < -0.39 is 0 Å². The van der Waals surface area contributed by atoms with Crippen LogP contribution in [0.1, 0.15) is 19.4 Å². The summed E-state index contributed by atoms with van der Waals surface area (Å²) in [5, 5.41) is 0. The van der Waals surface area contributed by atoms with E-state index in [0.29, 0.717) is 0 Å². The van der Waals surface area contributed by atoms with Gasteiger partial charge in [0.25, 0.3) is 0 Å². The summed E-state index contributed by atoms with van der Waals surface area (Å²) in [5.41, 5.74) is 0.784. The van der Waals surface area contributed by atoms with Gasteiger partial charge in [-0.05, 0) is 11.6 Å². The molecule has 1 rings (SSSR count). The summed E-state index contributed by atoms with van der Waals surface area (Å²) in [5.74, 6) is -0.874. The number of hydrogen-bond donors (Lipinski definition) is 0. The molecule has 0 aliphatic heterocycles. The Morgan fingerprint density at radius 1 is 1.43 bits per heavy atom. The Hall–Kier alpha value is -1.51. The molecule has 0 aliphatic carbocycles. The minimum absolute atomic E-state index is 0.158. The maximum atomic E-state index is 11.4. The minimum atomic E-state index is -0.340. The topological polar surface area (TPSA) is 47.0 Å². The van der Waals surface area contributed by atoms with Crippen molar-refractivity contribution in [3.8, 4) is 0 Å². The maximum Gasteiger partial charge on any atom is 0.203 e. The summed E-state index contributed by atoms with van der Waals surface area (Å²) in [6.45, 7) is 3.45. The molecule has 0 spiro atoms. The molecule has 0 saturated heterocycles. The van der Waals surface area contributed by atoms with Crippen LogP contribution in [0.3, 0.4) is 0 Å². The third kappa shape index (κ3) is 2.76. The van der Waals surface area contributed by atoms with Crippen molar-refractivity contribution in [1.82, 2.24) is 4.98 Å². The van der Waals surface area contributed by atoms with Crippen molar-refractivity contribution in [1.29, 1.82) is 0 Å². The number of carbonyl (C=O) groups is 2. The molecule has 0 aromatic carbocycles. The zero-order valence-electron chi connectivity index (χ0n) is 8.36. The zero-order chi connectivity index (χ0) is 10.6. The van der Waals surface area contributed by atoms with Gasteiger partial charge in [-0.3, -0.25) is 14.6 Å². The number of carbonyl (C=O) groups excluding carboxylic acids is 2. The standard InChI is InChI=1S/C11H13NO2/c1-8(2)11(14)10(13)6-9-4-3-5-12-7-9/h3-5,7-8H,6H2,1-2H3. The molecule has 0 saturated carbocycles. The molecule has 1 aromatic rings.